The van der Waals surface area contributed by atoms with E-state index in [0.717, 1.165) is 19.4 Å². The molecule has 3 heteroatoms. The van der Waals surface area contributed by atoms with Crippen molar-refractivity contribution in [1.29, 1.82) is 0 Å². The van der Waals surface area contributed by atoms with Gasteiger partial charge in [-0.1, -0.05) is 13.8 Å². The van der Waals surface area contributed by atoms with Crippen LogP contribution in [0.2, 0.25) is 0 Å². The highest BCUT2D eigenvalue weighted by Crippen LogP contribution is 2.04. The number of hydrogen-bond donors (Lipinski definition) is 3. The second-order valence-corrected chi connectivity index (χ2v) is 3.39. The van der Waals surface area contributed by atoms with Gasteiger partial charge in [-0.25, -0.2) is 0 Å². The van der Waals surface area contributed by atoms with Gasteiger partial charge in [-0.3, -0.25) is 0 Å². The Bertz CT molecular complexity index is 96.5. The third-order valence-electron chi connectivity index (χ3n) is 1.99. The largest absolute Gasteiger partial charge is 0.396 e. The Morgan fingerprint density at radius 2 is 1.83 bits per heavy atom. The van der Waals surface area contributed by atoms with Crippen LogP contribution in [0.15, 0.2) is 0 Å². The molecule has 0 heterocycles. The van der Waals surface area contributed by atoms with E-state index in [2.05, 4.69) is 19.2 Å². The van der Waals surface area contributed by atoms with E-state index in [4.69, 9.17) is 10.2 Å². The summed E-state index contributed by atoms with van der Waals surface area (Å²) in [6.07, 6.45) is 1.58. The van der Waals surface area contributed by atoms with Crippen LogP contribution in [0.4, 0.5) is 0 Å². The number of hydrogen-bond acceptors (Lipinski definition) is 3. The Morgan fingerprint density at radius 1 is 1.17 bits per heavy atom. The van der Waals surface area contributed by atoms with Gasteiger partial charge in [0.15, 0.2) is 0 Å². The van der Waals surface area contributed by atoms with E-state index >= 15 is 0 Å². The molecule has 0 bridgehead atoms. The molecule has 74 valence electrons. The molecule has 0 spiro atoms. The van der Waals surface area contributed by atoms with Crippen molar-refractivity contribution in [2.24, 2.45) is 5.92 Å². The van der Waals surface area contributed by atoms with Crippen LogP contribution in [0.25, 0.3) is 0 Å². The fraction of sp³-hybridized carbons (Fsp3) is 1.00. The van der Waals surface area contributed by atoms with Gasteiger partial charge >= 0.3 is 0 Å². The van der Waals surface area contributed by atoms with Gasteiger partial charge in [-0.2, -0.15) is 0 Å². The van der Waals surface area contributed by atoms with Crippen LogP contribution in [-0.4, -0.2) is 36.0 Å². The molecule has 3 nitrogen and oxygen atoms in total. The number of rotatable bonds is 7. The molecule has 0 rings (SSSR count). The Labute approximate surface area is 74.8 Å². The predicted octanol–water partition coefficient (Wildman–Crippen LogP) is 0.365. The Balaban J connectivity index is 3.49. The van der Waals surface area contributed by atoms with Gasteiger partial charge < -0.3 is 15.5 Å². The zero-order valence-electron chi connectivity index (χ0n) is 8.08. The zero-order chi connectivity index (χ0) is 9.40. The van der Waals surface area contributed by atoms with Gasteiger partial charge in [0.2, 0.25) is 0 Å². The van der Waals surface area contributed by atoms with Crippen molar-refractivity contribution in [2.75, 3.05) is 19.8 Å². The first-order valence-electron chi connectivity index (χ1n) is 4.67. The molecule has 0 fully saturated rings. The quantitative estimate of drug-likeness (QED) is 0.490. The molecule has 3 N–H and O–H groups in total. The van der Waals surface area contributed by atoms with Crippen LogP contribution in [0, 0.1) is 5.92 Å². The summed E-state index contributed by atoms with van der Waals surface area (Å²) >= 11 is 0. The average Bonchev–Trinajstić information content (AvgIpc) is 2.03. The molecule has 0 amide bonds. The first-order chi connectivity index (χ1) is 5.72. The fourth-order valence-electron chi connectivity index (χ4n) is 1.18. The minimum atomic E-state index is 0.231. The lowest BCUT2D eigenvalue weighted by atomic mass is 10.0. The molecule has 0 aromatic carbocycles. The van der Waals surface area contributed by atoms with E-state index < -0.39 is 0 Å². The van der Waals surface area contributed by atoms with Crippen LogP contribution in [0.3, 0.4) is 0 Å². The summed E-state index contributed by atoms with van der Waals surface area (Å²) in [4.78, 5) is 0. The van der Waals surface area contributed by atoms with Gasteiger partial charge in [-0.05, 0) is 25.3 Å². The molecule has 0 saturated heterocycles. The SMILES string of the molecule is CC(C)C(CCO)NCCCO. The molecule has 0 aromatic rings. The van der Waals surface area contributed by atoms with Crippen molar-refractivity contribution >= 4 is 0 Å². The summed E-state index contributed by atoms with van der Waals surface area (Å²) in [5, 5.41) is 20.6. The Hall–Kier alpha value is -0.120. The summed E-state index contributed by atoms with van der Waals surface area (Å²) < 4.78 is 0. The lowest BCUT2D eigenvalue weighted by Gasteiger charge is -2.21. The first kappa shape index (κ1) is 11.9. The van der Waals surface area contributed by atoms with Crippen molar-refractivity contribution in [3.63, 3.8) is 0 Å². The highest BCUT2D eigenvalue weighted by Gasteiger charge is 2.10. The van der Waals surface area contributed by atoms with Crippen molar-refractivity contribution in [2.45, 2.75) is 32.7 Å². The van der Waals surface area contributed by atoms with Crippen LogP contribution in [0.1, 0.15) is 26.7 Å². The third-order valence-corrected chi connectivity index (χ3v) is 1.99. The van der Waals surface area contributed by atoms with Crippen LogP contribution in [-0.2, 0) is 0 Å². The maximum absolute atomic E-state index is 8.75. The summed E-state index contributed by atoms with van der Waals surface area (Å²) in [7, 11) is 0. The monoisotopic (exact) mass is 175 g/mol. The Kier molecular flexibility index (Phi) is 7.45. The van der Waals surface area contributed by atoms with E-state index in [-0.39, 0.29) is 13.2 Å². The van der Waals surface area contributed by atoms with Crippen molar-refractivity contribution < 1.29 is 10.2 Å². The number of aliphatic hydroxyl groups is 2. The Morgan fingerprint density at radius 3 is 2.25 bits per heavy atom. The van der Waals surface area contributed by atoms with Crippen molar-refractivity contribution in [1.82, 2.24) is 5.32 Å². The first-order valence-corrected chi connectivity index (χ1v) is 4.67. The lowest BCUT2D eigenvalue weighted by Crippen LogP contribution is -2.35. The summed E-state index contributed by atoms with van der Waals surface area (Å²) in [6, 6.07) is 0.376. The number of nitrogens with one attached hydrogen (secondary N) is 1. The van der Waals surface area contributed by atoms with Crippen molar-refractivity contribution in [3.05, 3.63) is 0 Å². The summed E-state index contributed by atoms with van der Waals surface area (Å²) in [5.74, 6) is 0.538. The zero-order valence-corrected chi connectivity index (χ0v) is 8.08. The van der Waals surface area contributed by atoms with Crippen LogP contribution in [0.5, 0.6) is 0 Å². The molecular formula is C9H21NO2. The molecule has 0 aliphatic carbocycles. The van der Waals surface area contributed by atoms with E-state index in [0.29, 0.717) is 12.0 Å². The molecule has 0 radical (unpaired) electrons. The summed E-state index contributed by atoms with van der Waals surface area (Å²) in [5.41, 5.74) is 0. The minimum Gasteiger partial charge on any atom is -0.396 e. The second kappa shape index (κ2) is 7.53. The third kappa shape index (κ3) is 5.52. The van der Waals surface area contributed by atoms with E-state index in [9.17, 15) is 0 Å². The van der Waals surface area contributed by atoms with Crippen LogP contribution >= 0.6 is 0 Å². The molecular weight excluding hydrogens is 154 g/mol. The van der Waals surface area contributed by atoms with Gasteiger partial charge in [-0.15, -0.1) is 0 Å². The maximum Gasteiger partial charge on any atom is 0.0445 e. The molecule has 1 atom stereocenters. The topological polar surface area (TPSA) is 52.5 Å². The highest BCUT2D eigenvalue weighted by atomic mass is 16.3. The fourth-order valence-corrected chi connectivity index (χ4v) is 1.18. The summed E-state index contributed by atoms with van der Waals surface area (Å²) in [6.45, 7) is 5.56. The van der Waals surface area contributed by atoms with E-state index in [1.165, 1.54) is 0 Å². The molecule has 1 unspecified atom stereocenters. The van der Waals surface area contributed by atoms with Crippen LogP contribution < -0.4 is 5.32 Å². The molecule has 12 heavy (non-hydrogen) atoms. The number of aliphatic hydroxyl groups excluding tert-OH is 2. The van der Waals surface area contributed by atoms with E-state index in [1.807, 2.05) is 0 Å². The molecule has 0 aliphatic rings. The lowest BCUT2D eigenvalue weighted by molar-refractivity contribution is 0.237. The van der Waals surface area contributed by atoms with E-state index in [1.54, 1.807) is 0 Å². The van der Waals surface area contributed by atoms with Gasteiger partial charge in [0.25, 0.3) is 0 Å². The molecule has 0 aliphatic heterocycles. The van der Waals surface area contributed by atoms with Gasteiger partial charge in [0, 0.05) is 19.3 Å². The van der Waals surface area contributed by atoms with Gasteiger partial charge in [0.05, 0.1) is 0 Å². The molecule has 0 saturated carbocycles. The predicted molar refractivity (Wildman–Crippen MR) is 50.0 cm³/mol. The van der Waals surface area contributed by atoms with Gasteiger partial charge in [0.1, 0.15) is 0 Å². The standard InChI is InChI=1S/C9H21NO2/c1-8(2)9(4-7-12)10-5-3-6-11/h8-12H,3-7H2,1-2H3. The molecule has 0 aromatic heterocycles. The van der Waals surface area contributed by atoms with Crippen molar-refractivity contribution in [3.8, 4) is 0 Å². The average molecular weight is 175 g/mol. The smallest absolute Gasteiger partial charge is 0.0445 e. The normalized spacial score (nSPS) is 13.8. The second-order valence-electron chi connectivity index (χ2n) is 3.39. The maximum atomic E-state index is 8.75. The minimum absolute atomic E-state index is 0.231. The highest BCUT2D eigenvalue weighted by molar-refractivity contribution is 4.69.